The minimum Gasteiger partial charge on any atom is -0.369 e. The van der Waals surface area contributed by atoms with Gasteiger partial charge in [-0.25, -0.2) is 4.98 Å². The van der Waals surface area contributed by atoms with Crippen LogP contribution in [0.4, 0.5) is 5.82 Å². The van der Waals surface area contributed by atoms with Gasteiger partial charge in [-0.3, -0.25) is 4.79 Å². The molecule has 0 spiro atoms. The van der Waals surface area contributed by atoms with Gasteiger partial charge >= 0.3 is 0 Å². The van der Waals surface area contributed by atoms with E-state index in [1.165, 1.54) is 0 Å². The number of nitrogens with zero attached hydrogens (tertiary/aromatic N) is 2. The van der Waals surface area contributed by atoms with E-state index >= 15 is 0 Å². The molecule has 5 heteroatoms. The Balaban J connectivity index is 2.87. The smallest absolute Gasteiger partial charge is 0.255 e. The van der Waals surface area contributed by atoms with Gasteiger partial charge < -0.3 is 10.2 Å². The fourth-order valence-electron chi connectivity index (χ4n) is 1.90. The summed E-state index contributed by atoms with van der Waals surface area (Å²) in [5.74, 6) is 1.10. The molecule has 112 valence electrons. The number of amides is 1. The maximum Gasteiger partial charge on any atom is 0.255 e. The van der Waals surface area contributed by atoms with Crippen molar-refractivity contribution in [1.29, 1.82) is 0 Å². The summed E-state index contributed by atoms with van der Waals surface area (Å²) in [6.07, 6.45) is 2.65. The number of aromatic nitrogens is 1. The highest BCUT2D eigenvalue weighted by molar-refractivity contribution is 6.33. The zero-order valence-electron chi connectivity index (χ0n) is 12.7. The van der Waals surface area contributed by atoms with Crippen molar-refractivity contribution >= 4 is 23.3 Å². The highest BCUT2D eigenvalue weighted by atomic mass is 35.5. The zero-order valence-corrected chi connectivity index (χ0v) is 13.5. The number of carbonyl (C=O) groups is 1. The Morgan fingerprint density at radius 2 is 2.15 bits per heavy atom. The van der Waals surface area contributed by atoms with E-state index in [2.05, 4.69) is 24.1 Å². The van der Waals surface area contributed by atoms with Gasteiger partial charge in [0.05, 0.1) is 10.6 Å². The van der Waals surface area contributed by atoms with Gasteiger partial charge in [0.1, 0.15) is 5.82 Å². The molecule has 1 aromatic heterocycles. The van der Waals surface area contributed by atoms with Crippen LogP contribution in [0, 0.1) is 5.92 Å². The molecule has 0 bridgehead atoms. The molecule has 4 nitrogen and oxygen atoms in total. The van der Waals surface area contributed by atoms with Crippen LogP contribution < -0.4 is 5.32 Å². The molecule has 20 heavy (non-hydrogen) atoms. The van der Waals surface area contributed by atoms with E-state index in [1.54, 1.807) is 12.3 Å². The van der Waals surface area contributed by atoms with Crippen molar-refractivity contribution in [1.82, 2.24) is 9.88 Å². The molecule has 0 aliphatic heterocycles. The minimum atomic E-state index is -0.00903. The minimum absolute atomic E-state index is 0.00903. The quantitative estimate of drug-likeness (QED) is 0.835. The molecule has 1 atom stereocenters. The molecular weight excluding hydrogens is 274 g/mol. The van der Waals surface area contributed by atoms with Gasteiger partial charge in [0, 0.05) is 25.8 Å². The predicted octanol–water partition coefficient (Wildman–Crippen LogP) is 3.68. The number of nitrogens with one attached hydrogen (secondary N) is 1. The molecule has 0 radical (unpaired) electrons. The van der Waals surface area contributed by atoms with E-state index in [0.29, 0.717) is 28.9 Å². The Hall–Kier alpha value is -1.29. The lowest BCUT2D eigenvalue weighted by molar-refractivity contribution is 0.0740. The number of rotatable bonds is 7. The summed E-state index contributed by atoms with van der Waals surface area (Å²) in [5.41, 5.74) is 0.543. The van der Waals surface area contributed by atoms with Gasteiger partial charge in [-0.15, -0.1) is 0 Å². The average Bonchev–Trinajstić information content (AvgIpc) is 2.46. The number of hydrogen-bond donors (Lipinski definition) is 1. The second-order valence-corrected chi connectivity index (χ2v) is 5.35. The highest BCUT2D eigenvalue weighted by Gasteiger charge is 2.17. The number of carbonyl (C=O) groups excluding carboxylic acids is 1. The average molecular weight is 298 g/mol. The fraction of sp³-hybridized carbons (Fsp3) is 0.600. The molecular formula is C15H24ClN3O. The number of halogens is 1. The van der Waals surface area contributed by atoms with Gasteiger partial charge in [-0.05, 0) is 25.8 Å². The van der Waals surface area contributed by atoms with Gasteiger partial charge in [-0.1, -0.05) is 31.9 Å². The first kappa shape index (κ1) is 16.8. The molecule has 0 fully saturated rings. The van der Waals surface area contributed by atoms with E-state index in [4.69, 9.17) is 11.6 Å². The molecule has 1 unspecified atom stereocenters. The topological polar surface area (TPSA) is 45.2 Å². The maximum absolute atomic E-state index is 12.5. The summed E-state index contributed by atoms with van der Waals surface area (Å²) in [5, 5.41) is 3.54. The first-order valence-corrected chi connectivity index (χ1v) is 7.59. The summed E-state index contributed by atoms with van der Waals surface area (Å²) in [6.45, 7) is 10.4. The lowest BCUT2D eigenvalue weighted by Gasteiger charge is -2.24. The Morgan fingerprint density at radius 3 is 2.65 bits per heavy atom. The zero-order chi connectivity index (χ0) is 15.1. The molecule has 0 aliphatic carbocycles. The molecule has 1 aromatic rings. The van der Waals surface area contributed by atoms with Crippen LogP contribution in [0.3, 0.4) is 0 Å². The number of anilines is 1. The van der Waals surface area contributed by atoms with Crippen molar-refractivity contribution in [3.8, 4) is 0 Å². The Labute approximate surface area is 126 Å². The Bertz CT molecular complexity index is 451. The van der Waals surface area contributed by atoms with Crippen molar-refractivity contribution in [2.75, 3.05) is 25.0 Å². The number of hydrogen-bond acceptors (Lipinski definition) is 3. The third-order valence-corrected chi connectivity index (χ3v) is 3.62. The van der Waals surface area contributed by atoms with Crippen LogP contribution in [-0.4, -0.2) is 35.4 Å². The van der Waals surface area contributed by atoms with E-state index in [-0.39, 0.29) is 5.91 Å². The number of pyridine rings is 1. The summed E-state index contributed by atoms with van der Waals surface area (Å²) in [4.78, 5) is 18.5. The Kier molecular flexibility index (Phi) is 6.79. The normalized spacial score (nSPS) is 12.1. The van der Waals surface area contributed by atoms with E-state index in [1.807, 2.05) is 18.7 Å². The van der Waals surface area contributed by atoms with Crippen LogP contribution in [0.1, 0.15) is 44.5 Å². The summed E-state index contributed by atoms with van der Waals surface area (Å²) < 4.78 is 0. The third kappa shape index (κ3) is 4.37. The highest BCUT2D eigenvalue weighted by Crippen LogP contribution is 2.21. The maximum atomic E-state index is 12.5. The summed E-state index contributed by atoms with van der Waals surface area (Å²) in [7, 11) is 0. The second kappa shape index (κ2) is 8.10. The first-order chi connectivity index (χ1) is 9.53. The molecule has 0 aliphatic rings. The van der Waals surface area contributed by atoms with E-state index in [9.17, 15) is 4.79 Å². The predicted molar refractivity (Wildman–Crippen MR) is 84.4 cm³/mol. The van der Waals surface area contributed by atoms with Crippen LogP contribution in [0.5, 0.6) is 0 Å². The second-order valence-electron chi connectivity index (χ2n) is 4.94. The first-order valence-electron chi connectivity index (χ1n) is 7.22. The van der Waals surface area contributed by atoms with Crippen LogP contribution in [0.2, 0.25) is 5.02 Å². The van der Waals surface area contributed by atoms with E-state index in [0.717, 1.165) is 19.5 Å². The molecule has 0 saturated carbocycles. The van der Waals surface area contributed by atoms with Crippen molar-refractivity contribution in [2.45, 2.75) is 34.1 Å². The van der Waals surface area contributed by atoms with Crippen LogP contribution >= 0.6 is 11.6 Å². The van der Waals surface area contributed by atoms with Crippen LogP contribution in [-0.2, 0) is 0 Å². The van der Waals surface area contributed by atoms with Gasteiger partial charge in [0.2, 0.25) is 0 Å². The van der Waals surface area contributed by atoms with Gasteiger partial charge in [0.25, 0.3) is 5.91 Å². The van der Waals surface area contributed by atoms with Gasteiger partial charge in [-0.2, -0.15) is 0 Å². The van der Waals surface area contributed by atoms with E-state index < -0.39 is 0 Å². The molecule has 1 rings (SSSR count). The molecule has 1 amide bonds. The molecule has 0 aromatic carbocycles. The van der Waals surface area contributed by atoms with Crippen molar-refractivity contribution in [3.05, 3.63) is 22.8 Å². The van der Waals surface area contributed by atoms with Crippen molar-refractivity contribution in [3.63, 3.8) is 0 Å². The monoisotopic (exact) mass is 297 g/mol. The van der Waals surface area contributed by atoms with Crippen molar-refractivity contribution < 1.29 is 4.79 Å². The van der Waals surface area contributed by atoms with Crippen LogP contribution in [0.15, 0.2) is 12.3 Å². The molecule has 1 N–H and O–H groups in total. The Morgan fingerprint density at radius 1 is 1.45 bits per heavy atom. The lowest BCUT2D eigenvalue weighted by Crippen LogP contribution is -2.34. The van der Waals surface area contributed by atoms with Crippen LogP contribution in [0.25, 0.3) is 0 Å². The lowest BCUT2D eigenvalue weighted by atomic mass is 10.1. The summed E-state index contributed by atoms with van der Waals surface area (Å²) >= 11 is 6.14. The van der Waals surface area contributed by atoms with Crippen molar-refractivity contribution in [2.24, 2.45) is 5.92 Å². The largest absolute Gasteiger partial charge is 0.369 e. The van der Waals surface area contributed by atoms with Gasteiger partial charge in [0.15, 0.2) is 0 Å². The fourth-order valence-corrected chi connectivity index (χ4v) is 2.13. The molecule has 0 saturated heterocycles. The summed E-state index contributed by atoms with van der Waals surface area (Å²) in [6, 6.07) is 1.69. The SMILES string of the molecule is CCNc1ncc(C(=O)N(CC)CC(C)CC)cc1Cl. The standard InChI is InChI=1S/C15H24ClN3O/c1-5-11(4)10-19(7-3)15(20)12-8-13(16)14(17-6-2)18-9-12/h8-9,11H,5-7,10H2,1-4H3,(H,17,18). The third-order valence-electron chi connectivity index (χ3n) is 3.33. The molecule has 1 heterocycles.